The minimum atomic E-state index is -2.29. The number of fused-ring (bicyclic) bond motifs is 1. The molecule has 0 N–H and O–H groups in total. The highest BCUT2D eigenvalue weighted by Gasteiger charge is 2.43. The van der Waals surface area contributed by atoms with Crippen molar-refractivity contribution in [2.24, 2.45) is 9.74 Å². The molecule has 0 bridgehead atoms. The van der Waals surface area contributed by atoms with E-state index in [1.807, 2.05) is 0 Å². The Balaban J connectivity index is 1.80. The van der Waals surface area contributed by atoms with E-state index in [0.29, 0.717) is 38.9 Å². The second-order valence-electron chi connectivity index (χ2n) is 6.08. The van der Waals surface area contributed by atoms with E-state index in [0.717, 1.165) is 31.5 Å². The summed E-state index contributed by atoms with van der Waals surface area (Å²) in [5.74, 6) is 0.158. The highest BCUT2D eigenvalue weighted by atomic mass is 31.2. The molecule has 1 aromatic rings. The lowest BCUT2D eigenvalue weighted by Gasteiger charge is -2.46. The molecular weight excluding hydrogens is 359 g/mol. The Morgan fingerprint density at radius 1 is 1.15 bits per heavy atom. The topological polar surface area (TPSA) is 89.1 Å². The maximum Gasteiger partial charge on any atom is 0.374 e. The molecule has 4 heterocycles. The normalized spacial score (nSPS) is 23.3. The van der Waals surface area contributed by atoms with E-state index in [9.17, 15) is 4.79 Å². The van der Waals surface area contributed by atoms with Crippen molar-refractivity contribution < 1.29 is 23.4 Å². The molecule has 2 saturated heterocycles. The van der Waals surface area contributed by atoms with Crippen LogP contribution in [0.5, 0.6) is 0 Å². The number of aliphatic imine (C=N–C) groups is 1. The maximum absolute atomic E-state index is 12.2. The van der Waals surface area contributed by atoms with E-state index in [1.54, 1.807) is 19.3 Å². The predicted molar refractivity (Wildman–Crippen MR) is 96.6 cm³/mol. The Bertz CT molecular complexity index is 728. The van der Waals surface area contributed by atoms with Gasteiger partial charge in [0.05, 0.1) is 38.3 Å². The van der Waals surface area contributed by atoms with Gasteiger partial charge in [0, 0.05) is 32.2 Å². The van der Waals surface area contributed by atoms with Crippen LogP contribution in [-0.4, -0.2) is 80.9 Å². The zero-order valence-electron chi connectivity index (χ0n) is 14.8. The number of esters is 1. The molecule has 0 unspecified atom stereocenters. The van der Waals surface area contributed by atoms with Crippen molar-refractivity contribution in [1.82, 2.24) is 9.34 Å². The number of carbonyl (C=O) groups is 1. The highest BCUT2D eigenvalue weighted by molar-refractivity contribution is 7.70. The number of nitrogens with zero attached hydrogens (tertiary/aromatic N) is 4. The van der Waals surface area contributed by atoms with Crippen molar-refractivity contribution in [3.05, 3.63) is 11.8 Å². The number of hydrogen-bond donors (Lipinski definition) is 0. The van der Waals surface area contributed by atoms with Gasteiger partial charge in [-0.1, -0.05) is 0 Å². The fraction of sp³-hybridized carbons (Fsp3) is 0.625. The van der Waals surface area contributed by atoms with E-state index in [4.69, 9.17) is 23.4 Å². The van der Waals surface area contributed by atoms with E-state index in [2.05, 4.69) is 14.3 Å². The maximum atomic E-state index is 12.2. The molecule has 0 spiro atoms. The van der Waals surface area contributed by atoms with Crippen molar-refractivity contribution in [1.29, 1.82) is 0 Å². The van der Waals surface area contributed by atoms with Gasteiger partial charge >= 0.3 is 5.97 Å². The van der Waals surface area contributed by atoms with E-state index >= 15 is 0 Å². The molecular formula is C16H23N4O5P. The Kier molecular flexibility index (Phi) is 5.24. The summed E-state index contributed by atoms with van der Waals surface area (Å²) in [5, 5.41) is 0.881. The van der Waals surface area contributed by atoms with Gasteiger partial charge in [0.25, 0.3) is 0 Å². The summed E-state index contributed by atoms with van der Waals surface area (Å²) in [5.41, 5.74) is 0. The lowest BCUT2D eigenvalue weighted by molar-refractivity contribution is 0.0491. The summed E-state index contributed by atoms with van der Waals surface area (Å²) in [6.07, 6.45) is 1.57. The molecule has 0 aliphatic carbocycles. The quantitative estimate of drug-likeness (QED) is 0.575. The summed E-state index contributed by atoms with van der Waals surface area (Å²) in [4.78, 5) is 16.5. The lowest BCUT2D eigenvalue weighted by atomic mass is 10.4. The molecule has 0 radical (unpaired) electrons. The second kappa shape index (κ2) is 7.62. The van der Waals surface area contributed by atoms with Crippen LogP contribution >= 0.6 is 7.36 Å². The van der Waals surface area contributed by atoms with Crippen molar-refractivity contribution in [2.75, 3.05) is 59.2 Å². The van der Waals surface area contributed by atoms with Crippen molar-refractivity contribution in [3.63, 3.8) is 0 Å². The first kappa shape index (κ1) is 17.9. The van der Waals surface area contributed by atoms with E-state index in [-0.39, 0.29) is 5.76 Å². The summed E-state index contributed by atoms with van der Waals surface area (Å²) in [7, 11) is -2.29. The van der Waals surface area contributed by atoms with Crippen LogP contribution < -0.4 is 5.30 Å². The third-order valence-electron chi connectivity index (χ3n) is 4.64. The van der Waals surface area contributed by atoms with E-state index in [1.165, 1.54) is 0 Å². The summed E-state index contributed by atoms with van der Waals surface area (Å²) in [6.45, 7) is 7.84. The van der Waals surface area contributed by atoms with Gasteiger partial charge < -0.3 is 18.6 Å². The number of carbonyl (C=O) groups excluding carboxylic acids is 1. The van der Waals surface area contributed by atoms with Crippen LogP contribution in [0.3, 0.4) is 0 Å². The minimum absolute atomic E-state index is 0.178. The molecule has 3 aliphatic rings. The van der Waals surface area contributed by atoms with Crippen molar-refractivity contribution in [2.45, 2.75) is 6.92 Å². The molecule has 0 atom stereocenters. The molecule has 4 rings (SSSR count). The van der Waals surface area contributed by atoms with Crippen LogP contribution in [0.25, 0.3) is 0 Å². The summed E-state index contributed by atoms with van der Waals surface area (Å²) in [6, 6.07) is 1.77. The molecule has 2 fully saturated rings. The Morgan fingerprint density at radius 3 is 2.35 bits per heavy atom. The minimum Gasteiger partial charge on any atom is -0.460 e. The first-order valence-electron chi connectivity index (χ1n) is 8.87. The Hall–Kier alpha value is -1.51. The molecule has 142 valence electrons. The van der Waals surface area contributed by atoms with Crippen LogP contribution in [-0.2, 0) is 14.2 Å². The standard InChI is InChI=1S/C16H23N4O5P/c1-2-24-16(21)13-11-14-15(25-13)17-12-18-26(14,19-3-7-22-8-4-19)20-5-9-23-10-6-20/h11-12H,2-10H2,1H3. The van der Waals surface area contributed by atoms with Crippen LogP contribution in [0, 0.1) is 0 Å². The Labute approximate surface area is 152 Å². The van der Waals surface area contributed by atoms with Crippen LogP contribution in [0.4, 0.5) is 5.88 Å². The van der Waals surface area contributed by atoms with Gasteiger partial charge in [-0.25, -0.2) is 23.9 Å². The SMILES string of the molecule is CCOC(=O)c1cc2c(o1)N=CN=P2(N1CCOCC1)N1CCOCC1. The van der Waals surface area contributed by atoms with Gasteiger partial charge in [-0.15, -0.1) is 0 Å². The van der Waals surface area contributed by atoms with Gasteiger partial charge in [-0.2, -0.15) is 0 Å². The summed E-state index contributed by atoms with van der Waals surface area (Å²) < 4.78 is 31.6. The van der Waals surface area contributed by atoms with Gasteiger partial charge in [-0.05, 0) is 6.92 Å². The molecule has 0 amide bonds. The van der Waals surface area contributed by atoms with E-state index < -0.39 is 13.3 Å². The predicted octanol–water partition coefficient (Wildman–Crippen LogP) is 1.45. The number of rotatable bonds is 4. The van der Waals surface area contributed by atoms with Gasteiger partial charge in [0.2, 0.25) is 11.6 Å². The summed E-state index contributed by atoms with van der Waals surface area (Å²) >= 11 is 0. The van der Waals surface area contributed by atoms with Gasteiger partial charge in [-0.3, -0.25) is 0 Å². The molecule has 3 aliphatic heterocycles. The number of furan rings is 1. The lowest BCUT2D eigenvalue weighted by Crippen LogP contribution is -2.46. The second-order valence-corrected chi connectivity index (χ2v) is 9.06. The highest BCUT2D eigenvalue weighted by Crippen LogP contribution is 2.59. The fourth-order valence-electron chi connectivity index (χ4n) is 3.49. The third kappa shape index (κ3) is 3.04. The van der Waals surface area contributed by atoms with Crippen LogP contribution in [0.2, 0.25) is 0 Å². The average Bonchev–Trinajstić information content (AvgIpc) is 3.14. The molecule has 9 nitrogen and oxygen atoms in total. The third-order valence-corrected chi connectivity index (χ3v) is 8.41. The number of ether oxygens (including phenoxy) is 3. The van der Waals surface area contributed by atoms with Gasteiger partial charge in [0.15, 0.2) is 0 Å². The van der Waals surface area contributed by atoms with Crippen molar-refractivity contribution >= 4 is 30.9 Å². The molecule has 26 heavy (non-hydrogen) atoms. The zero-order valence-corrected chi connectivity index (χ0v) is 15.7. The molecule has 1 aromatic heterocycles. The molecule has 0 saturated carbocycles. The smallest absolute Gasteiger partial charge is 0.374 e. The monoisotopic (exact) mass is 382 g/mol. The number of morpholine rings is 2. The first-order chi connectivity index (χ1) is 12.8. The molecule has 0 aromatic carbocycles. The Morgan fingerprint density at radius 2 is 1.77 bits per heavy atom. The van der Waals surface area contributed by atoms with Crippen LogP contribution in [0.1, 0.15) is 17.5 Å². The zero-order chi connectivity index (χ0) is 18.0. The first-order valence-corrected chi connectivity index (χ1v) is 10.5. The van der Waals surface area contributed by atoms with Gasteiger partial charge in [0.1, 0.15) is 13.7 Å². The average molecular weight is 382 g/mol. The largest absolute Gasteiger partial charge is 0.460 e. The van der Waals surface area contributed by atoms with Crippen LogP contribution in [0.15, 0.2) is 20.2 Å². The van der Waals surface area contributed by atoms with Crippen molar-refractivity contribution in [3.8, 4) is 0 Å². The fourth-order valence-corrected chi connectivity index (χ4v) is 7.16. The number of hydrogen-bond acceptors (Lipinski definition) is 9. The molecule has 10 heteroatoms.